The van der Waals surface area contributed by atoms with Crippen LogP contribution in [-0.4, -0.2) is 24.7 Å². The van der Waals surface area contributed by atoms with Gasteiger partial charge in [0.05, 0.1) is 12.8 Å². The van der Waals surface area contributed by atoms with Crippen molar-refractivity contribution in [2.45, 2.75) is 5.92 Å². The molecule has 30 heavy (non-hydrogen) atoms. The number of ether oxygens (including phenoxy) is 1. The third kappa shape index (κ3) is 4.12. The lowest BCUT2D eigenvalue weighted by Crippen LogP contribution is -2.32. The van der Waals surface area contributed by atoms with Gasteiger partial charge < -0.3 is 20.4 Å². The van der Waals surface area contributed by atoms with Crippen molar-refractivity contribution in [3.05, 3.63) is 95.9 Å². The smallest absolute Gasteiger partial charge is 0.319 e. The number of nitrogens with one attached hydrogen (secondary N) is 3. The first kappa shape index (κ1) is 19.5. The number of aromatic amines is 1. The summed E-state index contributed by atoms with van der Waals surface area (Å²) in [5.41, 5.74) is 3.55. The molecule has 4 rings (SSSR count). The lowest BCUT2D eigenvalue weighted by atomic mass is 9.91. The number of rotatable bonds is 6. The molecule has 0 aliphatic heterocycles. The Morgan fingerprint density at radius 2 is 1.77 bits per heavy atom. The fraction of sp³-hybridized carbons (Fsp3) is 0.125. The molecule has 3 aromatic carbocycles. The summed E-state index contributed by atoms with van der Waals surface area (Å²) in [7, 11) is 1.56. The van der Waals surface area contributed by atoms with Crippen molar-refractivity contribution in [2.24, 2.45) is 0 Å². The lowest BCUT2D eigenvalue weighted by Gasteiger charge is -2.19. The first-order valence-electron chi connectivity index (χ1n) is 9.65. The van der Waals surface area contributed by atoms with Crippen molar-refractivity contribution in [2.75, 3.05) is 19.0 Å². The molecule has 0 spiro atoms. The van der Waals surface area contributed by atoms with Crippen LogP contribution in [0.3, 0.4) is 0 Å². The van der Waals surface area contributed by atoms with E-state index in [1.54, 1.807) is 31.4 Å². The van der Waals surface area contributed by atoms with E-state index in [1.165, 1.54) is 12.1 Å². The van der Waals surface area contributed by atoms with Crippen molar-refractivity contribution in [1.82, 2.24) is 10.3 Å². The minimum atomic E-state index is -0.341. The molecule has 1 heterocycles. The van der Waals surface area contributed by atoms with Crippen LogP contribution < -0.4 is 15.4 Å². The van der Waals surface area contributed by atoms with Gasteiger partial charge in [0.15, 0.2) is 0 Å². The second-order valence-electron chi connectivity index (χ2n) is 6.93. The molecular weight excluding hydrogens is 381 g/mol. The lowest BCUT2D eigenvalue weighted by molar-refractivity contribution is 0.251. The number of hydrogen-bond acceptors (Lipinski definition) is 2. The van der Waals surface area contributed by atoms with Crippen molar-refractivity contribution in [3.63, 3.8) is 0 Å². The highest BCUT2D eigenvalue weighted by Gasteiger charge is 2.19. The van der Waals surface area contributed by atoms with E-state index >= 15 is 0 Å². The van der Waals surface area contributed by atoms with Crippen molar-refractivity contribution in [1.29, 1.82) is 0 Å². The number of hydrogen-bond donors (Lipinski definition) is 3. The number of amides is 2. The van der Waals surface area contributed by atoms with Crippen LogP contribution in [0.25, 0.3) is 10.9 Å². The molecule has 4 aromatic rings. The quantitative estimate of drug-likeness (QED) is 0.411. The highest BCUT2D eigenvalue weighted by molar-refractivity contribution is 5.91. The van der Waals surface area contributed by atoms with E-state index in [2.05, 4.69) is 15.6 Å². The van der Waals surface area contributed by atoms with Crippen LogP contribution in [0.1, 0.15) is 17.0 Å². The highest BCUT2D eigenvalue weighted by atomic mass is 19.1. The van der Waals surface area contributed by atoms with Crippen LogP contribution in [0.5, 0.6) is 5.75 Å². The molecule has 0 saturated heterocycles. The molecule has 0 aliphatic rings. The summed E-state index contributed by atoms with van der Waals surface area (Å²) >= 11 is 0. The fourth-order valence-electron chi connectivity index (χ4n) is 3.59. The standard InChI is InChI=1S/C24H22FN3O2/c1-30-23-9-5-4-8-22(23)28-24(29)27-14-19(16-10-12-17(25)13-11-16)20-15-26-21-7-3-2-6-18(20)21/h2-13,15,19,26H,14H2,1H3,(H2,27,28,29)/t19-/m1/s1. The van der Waals surface area contributed by atoms with Gasteiger partial charge in [0.25, 0.3) is 0 Å². The van der Waals surface area contributed by atoms with Gasteiger partial charge in [-0.2, -0.15) is 0 Å². The number of methoxy groups -OCH3 is 1. The summed E-state index contributed by atoms with van der Waals surface area (Å²) in [6, 6.07) is 21.2. The molecule has 0 saturated carbocycles. The summed E-state index contributed by atoms with van der Waals surface area (Å²) in [5.74, 6) is 0.142. The number of anilines is 1. The van der Waals surface area contributed by atoms with E-state index in [0.29, 0.717) is 18.0 Å². The molecule has 5 nitrogen and oxygen atoms in total. The monoisotopic (exact) mass is 403 g/mol. The Morgan fingerprint density at radius 3 is 2.57 bits per heavy atom. The molecular formula is C24H22FN3O2. The summed E-state index contributed by atoms with van der Waals surface area (Å²) in [5, 5.41) is 6.82. The van der Waals surface area contributed by atoms with Gasteiger partial charge in [-0.05, 0) is 41.5 Å². The van der Waals surface area contributed by atoms with Crippen LogP contribution >= 0.6 is 0 Å². The zero-order valence-corrected chi connectivity index (χ0v) is 16.5. The third-order valence-electron chi connectivity index (χ3n) is 5.09. The van der Waals surface area contributed by atoms with Gasteiger partial charge in [-0.15, -0.1) is 0 Å². The molecule has 152 valence electrons. The second-order valence-corrected chi connectivity index (χ2v) is 6.93. The number of aromatic nitrogens is 1. The van der Waals surface area contributed by atoms with Crippen LogP contribution in [0.2, 0.25) is 0 Å². The molecule has 2 amide bonds. The van der Waals surface area contributed by atoms with Crippen LogP contribution in [-0.2, 0) is 0 Å². The third-order valence-corrected chi connectivity index (χ3v) is 5.09. The maximum absolute atomic E-state index is 13.5. The summed E-state index contributed by atoms with van der Waals surface area (Å²) in [6.07, 6.45) is 1.94. The Balaban J connectivity index is 1.57. The molecule has 0 radical (unpaired) electrons. The van der Waals surface area contributed by atoms with Gasteiger partial charge >= 0.3 is 6.03 Å². The Morgan fingerprint density at radius 1 is 1.03 bits per heavy atom. The number of carbonyl (C=O) groups excluding carboxylic acids is 1. The van der Waals surface area contributed by atoms with Gasteiger partial charge in [0.2, 0.25) is 0 Å². The second kappa shape index (κ2) is 8.69. The molecule has 0 bridgehead atoms. The SMILES string of the molecule is COc1ccccc1NC(=O)NC[C@H](c1ccc(F)cc1)c1c[nH]c2ccccc12. The summed E-state index contributed by atoms with van der Waals surface area (Å²) in [4.78, 5) is 15.8. The Bertz CT molecular complexity index is 1150. The minimum absolute atomic E-state index is 0.148. The number of fused-ring (bicyclic) bond motifs is 1. The first-order valence-corrected chi connectivity index (χ1v) is 9.65. The number of carbonyl (C=O) groups is 1. The fourth-order valence-corrected chi connectivity index (χ4v) is 3.59. The number of para-hydroxylation sites is 3. The zero-order chi connectivity index (χ0) is 20.9. The predicted molar refractivity (Wildman–Crippen MR) is 117 cm³/mol. The van der Waals surface area contributed by atoms with Crippen molar-refractivity contribution >= 4 is 22.6 Å². The summed E-state index contributed by atoms with van der Waals surface area (Å²) < 4.78 is 18.8. The average molecular weight is 403 g/mol. The predicted octanol–water partition coefficient (Wildman–Crippen LogP) is 5.27. The normalized spacial score (nSPS) is 11.8. The number of benzene rings is 3. The topological polar surface area (TPSA) is 66.2 Å². The van der Waals surface area contributed by atoms with E-state index in [9.17, 15) is 9.18 Å². The number of halogens is 1. The van der Waals surface area contributed by atoms with Gasteiger partial charge in [0, 0.05) is 29.6 Å². The van der Waals surface area contributed by atoms with Crippen molar-refractivity contribution in [3.8, 4) is 5.75 Å². The number of urea groups is 1. The molecule has 0 unspecified atom stereocenters. The van der Waals surface area contributed by atoms with E-state index in [0.717, 1.165) is 22.0 Å². The van der Waals surface area contributed by atoms with E-state index in [-0.39, 0.29) is 17.8 Å². The Labute approximate surface area is 173 Å². The first-order chi connectivity index (χ1) is 14.7. The highest BCUT2D eigenvalue weighted by Crippen LogP contribution is 2.31. The average Bonchev–Trinajstić information content (AvgIpc) is 3.19. The molecule has 1 atom stereocenters. The maximum Gasteiger partial charge on any atom is 0.319 e. The van der Waals surface area contributed by atoms with Crippen LogP contribution in [0.15, 0.2) is 79.0 Å². The van der Waals surface area contributed by atoms with Gasteiger partial charge in [-0.1, -0.05) is 42.5 Å². The van der Waals surface area contributed by atoms with Gasteiger partial charge in [-0.25, -0.2) is 9.18 Å². The Kier molecular flexibility index (Phi) is 5.66. The zero-order valence-electron chi connectivity index (χ0n) is 16.5. The van der Waals surface area contributed by atoms with Gasteiger partial charge in [0.1, 0.15) is 11.6 Å². The Hall–Kier alpha value is -3.80. The molecule has 0 aliphatic carbocycles. The molecule has 0 fully saturated rings. The molecule has 6 heteroatoms. The van der Waals surface area contributed by atoms with Crippen molar-refractivity contribution < 1.29 is 13.9 Å². The van der Waals surface area contributed by atoms with Crippen LogP contribution in [0.4, 0.5) is 14.9 Å². The van der Waals surface area contributed by atoms with E-state index < -0.39 is 0 Å². The maximum atomic E-state index is 13.5. The number of H-pyrrole nitrogens is 1. The van der Waals surface area contributed by atoms with Crippen LogP contribution in [0, 0.1) is 5.82 Å². The minimum Gasteiger partial charge on any atom is -0.495 e. The largest absolute Gasteiger partial charge is 0.495 e. The molecule has 1 aromatic heterocycles. The van der Waals surface area contributed by atoms with E-state index in [4.69, 9.17) is 4.74 Å². The molecule has 3 N–H and O–H groups in total. The van der Waals surface area contributed by atoms with E-state index in [1.807, 2.05) is 42.6 Å². The van der Waals surface area contributed by atoms with Gasteiger partial charge in [-0.3, -0.25) is 0 Å². The summed E-state index contributed by atoms with van der Waals surface area (Å²) in [6.45, 7) is 0.342.